The van der Waals surface area contributed by atoms with Crippen molar-refractivity contribution in [1.29, 1.82) is 0 Å². The van der Waals surface area contributed by atoms with Crippen molar-refractivity contribution in [2.24, 2.45) is 5.84 Å². The van der Waals surface area contributed by atoms with Gasteiger partial charge in [0.2, 0.25) is 0 Å². The highest BCUT2D eigenvalue weighted by Gasteiger charge is 2.16. The summed E-state index contributed by atoms with van der Waals surface area (Å²) >= 11 is 5.79. The first kappa shape index (κ1) is 16.7. The number of nitrogens with one attached hydrogen (secondary N) is 2. The first-order chi connectivity index (χ1) is 11.0. The van der Waals surface area contributed by atoms with Gasteiger partial charge in [-0.1, -0.05) is 35.9 Å². The summed E-state index contributed by atoms with van der Waals surface area (Å²) in [4.78, 5) is 23.9. The second-order valence-corrected chi connectivity index (χ2v) is 4.95. The Morgan fingerprint density at radius 1 is 1.09 bits per heavy atom. The molecule has 7 heteroatoms. The van der Waals surface area contributed by atoms with Crippen LogP contribution in [-0.4, -0.2) is 11.8 Å². The van der Waals surface area contributed by atoms with E-state index in [1.54, 1.807) is 24.3 Å². The van der Waals surface area contributed by atoms with Crippen molar-refractivity contribution in [3.8, 4) is 0 Å². The van der Waals surface area contributed by atoms with Crippen LogP contribution in [0.2, 0.25) is 5.02 Å². The van der Waals surface area contributed by atoms with Crippen LogP contribution in [0.5, 0.6) is 0 Å². The molecule has 0 saturated heterocycles. The third-order valence-electron chi connectivity index (χ3n) is 2.92. The Morgan fingerprint density at radius 3 is 2.35 bits per heavy atom. The molecule has 0 unspecified atom stereocenters. The van der Waals surface area contributed by atoms with E-state index in [2.05, 4.69) is 5.32 Å². The molecule has 2 amide bonds. The average molecular weight is 334 g/mol. The Bertz CT molecular complexity index is 760. The second-order valence-electron chi connectivity index (χ2n) is 4.52. The molecule has 2 aromatic rings. The Morgan fingerprint density at radius 2 is 1.74 bits per heavy atom. The maximum absolute atomic E-state index is 13.6. The van der Waals surface area contributed by atoms with Crippen LogP contribution in [0.25, 0.3) is 6.08 Å². The highest BCUT2D eigenvalue weighted by molar-refractivity contribution is 6.30. The molecule has 23 heavy (non-hydrogen) atoms. The number of hydrogen-bond donors (Lipinski definition) is 3. The van der Waals surface area contributed by atoms with Crippen LogP contribution in [0.3, 0.4) is 0 Å². The fourth-order valence-corrected chi connectivity index (χ4v) is 1.92. The Labute approximate surface area is 136 Å². The minimum atomic E-state index is -0.757. The molecule has 2 aromatic carbocycles. The largest absolute Gasteiger partial charge is 0.317 e. The van der Waals surface area contributed by atoms with Gasteiger partial charge in [0.1, 0.15) is 11.5 Å². The Hall–Kier alpha value is -2.70. The first-order valence-corrected chi connectivity index (χ1v) is 6.93. The monoisotopic (exact) mass is 333 g/mol. The number of amides is 2. The number of halogens is 2. The molecule has 0 aliphatic heterocycles. The van der Waals surface area contributed by atoms with Gasteiger partial charge in [-0.3, -0.25) is 15.0 Å². The van der Waals surface area contributed by atoms with Crippen LogP contribution in [-0.2, 0) is 4.79 Å². The third-order valence-corrected chi connectivity index (χ3v) is 3.18. The average Bonchev–Trinajstić information content (AvgIpc) is 2.55. The van der Waals surface area contributed by atoms with E-state index >= 15 is 0 Å². The van der Waals surface area contributed by atoms with E-state index in [9.17, 15) is 14.0 Å². The Balaban J connectivity index is 2.29. The maximum Gasteiger partial charge on any atom is 0.281 e. The predicted molar refractivity (Wildman–Crippen MR) is 85.6 cm³/mol. The summed E-state index contributed by atoms with van der Waals surface area (Å²) in [5.41, 5.74) is 2.24. The molecular weight excluding hydrogens is 321 g/mol. The molecule has 0 aliphatic rings. The van der Waals surface area contributed by atoms with Crippen molar-refractivity contribution in [1.82, 2.24) is 10.7 Å². The minimum Gasteiger partial charge on any atom is -0.317 e. The van der Waals surface area contributed by atoms with Crippen LogP contribution >= 0.6 is 11.6 Å². The molecular formula is C16H13ClFN3O2. The number of rotatable bonds is 4. The topological polar surface area (TPSA) is 84.2 Å². The molecule has 0 fully saturated rings. The van der Waals surface area contributed by atoms with Crippen LogP contribution < -0.4 is 16.6 Å². The smallest absolute Gasteiger partial charge is 0.281 e. The van der Waals surface area contributed by atoms with Crippen molar-refractivity contribution in [3.05, 3.63) is 76.2 Å². The maximum atomic E-state index is 13.6. The zero-order valence-corrected chi connectivity index (χ0v) is 12.6. The molecule has 0 atom stereocenters. The van der Waals surface area contributed by atoms with Gasteiger partial charge in [-0.25, -0.2) is 10.2 Å². The van der Waals surface area contributed by atoms with E-state index in [0.717, 1.165) is 6.07 Å². The molecule has 0 aliphatic carbocycles. The van der Waals surface area contributed by atoms with Crippen LogP contribution in [0.1, 0.15) is 15.9 Å². The lowest BCUT2D eigenvalue weighted by atomic mass is 10.1. The number of hydrogen-bond acceptors (Lipinski definition) is 3. The quantitative estimate of drug-likeness (QED) is 0.347. The zero-order chi connectivity index (χ0) is 16.8. The second kappa shape index (κ2) is 7.53. The number of hydrazine groups is 1. The van der Waals surface area contributed by atoms with Crippen LogP contribution in [0.15, 0.2) is 54.2 Å². The van der Waals surface area contributed by atoms with Gasteiger partial charge in [0, 0.05) is 5.02 Å². The van der Waals surface area contributed by atoms with Crippen molar-refractivity contribution in [2.75, 3.05) is 0 Å². The summed E-state index contributed by atoms with van der Waals surface area (Å²) in [7, 11) is 0. The van der Waals surface area contributed by atoms with Crippen molar-refractivity contribution in [3.63, 3.8) is 0 Å². The van der Waals surface area contributed by atoms with Crippen molar-refractivity contribution in [2.45, 2.75) is 0 Å². The predicted octanol–water partition coefficient (Wildman–Crippen LogP) is 2.24. The summed E-state index contributed by atoms with van der Waals surface area (Å²) in [5.74, 6) is 2.94. The van der Waals surface area contributed by atoms with Gasteiger partial charge in [-0.05, 0) is 35.9 Å². The van der Waals surface area contributed by atoms with E-state index in [1.165, 1.54) is 24.3 Å². The van der Waals surface area contributed by atoms with E-state index in [0.29, 0.717) is 10.6 Å². The number of benzene rings is 2. The zero-order valence-electron chi connectivity index (χ0n) is 11.8. The molecule has 0 bridgehead atoms. The molecule has 0 spiro atoms. The van der Waals surface area contributed by atoms with Crippen LogP contribution in [0, 0.1) is 5.82 Å². The molecule has 0 heterocycles. The fraction of sp³-hybridized carbons (Fsp3) is 0. The fourth-order valence-electron chi connectivity index (χ4n) is 1.80. The lowest BCUT2D eigenvalue weighted by Crippen LogP contribution is -2.38. The first-order valence-electron chi connectivity index (χ1n) is 6.55. The molecule has 5 nitrogen and oxygen atoms in total. The van der Waals surface area contributed by atoms with E-state index in [-0.39, 0.29) is 11.3 Å². The van der Waals surface area contributed by atoms with Crippen molar-refractivity contribution >= 4 is 29.5 Å². The Kier molecular flexibility index (Phi) is 5.46. The van der Waals surface area contributed by atoms with Gasteiger partial charge in [-0.2, -0.15) is 0 Å². The molecule has 0 aromatic heterocycles. The molecule has 118 valence electrons. The lowest BCUT2D eigenvalue weighted by molar-refractivity contribution is -0.117. The summed E-state index contributed by atoms with van der Waals surface area (Å²) in [6.07, 6.45) is 1.40. The number of carbonyl (C=O) groups excluding carboxylic acids is 2. The van der Waals surface area contributed by atoms with E-state index in [4.69, 9.17) is 17.4 Å². The summed E-state index contributed by atoms with van der Waals surface area (Å²) in [6.45, 7) is 0. The van der Waals surface area contributed by atoms with Gasteiger partial charge in [0.05, 0.1) is 5.56 Å². The molecule has 4 N–H and O–H groups in total. The normalized spacial score (nSPS) is 11.0. The molecule has 0 saturated carbocycles. The third kappa shape index (κ3) is 4.38. The van der Waals surface area contributed by atoms with Gasteiger partial charge in [0.25, 0.3) is 11.8 Å². The van der Waals surface area contributed by atoms with Gasteiger partial charge < -0.3 is 5.32 Å². The summed E-state index contributed by atoms with van der Waals surface area (Å²) in [5, 5.41) is 2.88. The number of carbonyl (C=O) groups is 2. The minimum absolute atomic E-state index is 0.122. The SMILES string of the molecule is NNC(=O)/C(=C/c1ccc(Cl)cc1)NC(=O)c1ccccc1F. The molecule has 0 radical (unpaired) electrons. The van der Waals surface area contributed by atoms with Crippen molar-refractivity contribution < 1.29 is 14.0 Å². The van der Waals surface area contributed by atoms with Gasteiger partial charge >= 0.3 is 0 Å². The highest BCUT2D eigenvalue weighted by Crippen LogP contribution is 2.13. The van der Waals surface area contributed by atoms with Gasteiger partial charge in [-0.15, -0.1) is 0 Å². The standard InChI is InChI=1S/C16H13ClFN3O2/c17-11-7-5-10(6-8-11)9-14(16(23)21-19)20-15(22)12-3-1-2-4-13(12)18/h1-9H,19H2,(H,20,22)(H,21,23)/b14-9-. The van der Waals surface area contributed by atoms with E-state index in [1.807, 2.05) is 5.43 Å². The van der Waals surface area contributed by atoms with Crippen LogP contribution in [0.4, 0.5) is 4.39 Å². The summed E-state index contributed by atoms with van der Waals surface area (Å²) in [6, 6.07) is 12.0. The highest BCUT2D eigenvalue weighted by atomic mass is 35.5. The van der Waals surface area contributed by atoms with E-state index < -0.39 is 17.6 Å². The van der Waals surface area contributed by atoms with Gasteiger partial charge in [0.15, 0.2) is 0 Å². The molecule has 2 rings (SSSR count). The summed E-state index contributed by atoms with van der Waals surface area (Å²) < 4.78 is 13.6. The number of nitrogens with two attached hydrogens (primary N) is 1. The lowest BCUT2D eigenvalue weighted by Gasteiger charge is -2.09.